The van der Waals surface area contributed by atoms with Crippen molar-refractivity contribution in [2.24, 2.45) is 0 Å². The Kier molecular flexibility index (Phi) is 34.7. The van der Waals surface area contributed by atoms with Gasteiger partial charge in [0.25, 0.3) is 0 Å². The largest absolute Gasteiger partial charge is 0.395 e. The molecule has 0 amide bonds. The third kappa shape index (κ3) is 34.3. The quantitative estimate of drug-likeness (QED) is 0.0288. The Morgan fingerprint density at radius 1 is 0.620 bits per heavy atom. The summed E-state index contributed by atoms with van der Waals surface area (Å²) in [5, 5.41) is 18.4. The highest BCUT2D eigenvalue weighted by Gasteiger charge is 2.29. The molecule has 0 fully saturated rings. The van der Waals surface area contributed by atoms with Gasteiger partial charge in [-0.1, -0.05) is 132 Å². The van der Waals surface area contributed by atoms with Crippen LogP contribution in [0, 0.1) is 0 Å². The molecule has 296 valence electrons. The Morgan fingerprint density at radius 3 is 1.68 bits per heavy atom. The van der Waals surface area contributed by atoms with E-state index in [1.807, 2.05) is 0 Å². The lowest BCUT2D eigenvalue weighted by atomic mass is 10.0. The highest BCUT2D eigenvalue weighted by Crippen LogP contribution is 2.19. The molecule has 0 aliphatic rings. The standard InChI is InChI=1S/C43H85NO5Si/c1-8-9-10-11-12-13-14-15-16-17-18-19-22-31-43(47-39-32-42(5)30-26-29-41(4)28-25-27-40(2)3)49-50(6,7)48-38-24-21-20-23-33-44(34-36-45)35-37-46/h27,29,32,43,45-46H,8-26,28,30-31,33-39H2,1-7H3/b41-29+,42-32+. The van der Waals surface area contributed by atoms with Gasteiger partial charge in [0.2, 0.25) is 0 Å². The zero-order valence-electron chi connectivity index (χ0n) is 34.4. The minimum atomic E-state index is -2.33. The van der Waals surface area contributed by atoms with Crippen molar-refractivity contribution in [3.63, 3.8) is 0 Å². The molecule has 50 heavy (non-hydrogen) atoms. The molecule has 0 saturated heterocycles. The van der Waals surface area contributed by atoms with Crippen molar-refractivity contribution >= 4 is 8.56 Å². The molecule has 0 aromatic heterocycles. The van der Waals surface area contributed by atoms with E-state index in [2.05, 4.69) is 70.8 Å². The van der Waals surface area contributed by atoms with Crippen molar-refractivity contribution in [1.29, 1.82) is 0 Å². The molecule has 0 bridgehead atoms. The lowest BCUT2D eigenvalue weighted by molar-refractivity contribution is -0.0939. The van der Waals surface area contributed by atoms with Crippen LogP contribution in [0.5, 0.6) is 0 Å². The Balaban J connectivity index is 4.65. The highest BCUT2D eigenvalue weighted by atomic mass is 28.4. The number of nitrogens with zero attached hydrogens (tertiary/aromatic N) is 1. The van der Waals surface area contributed by atoms with Gasteiger partial charge in [0.15, 0.2) is 0 Å². The van der Waals surface area contributed by atoms with Crippen molar-refractivity contribution < 1.29 is 23.8 Å². The Bertz CT molecular complexity index is 833. The van der Waals surface area contributed by atoms with E-state index in [-0.39, 0.29) is 19.5 Å². The molecule has 0 rings (SSSR count). The van der Waals surface area contributed by atoms with Crippen molar-refractivity contribution in [2.75, 3.05) is 46.1 Å². The predicted molar refractivity (Wildman–Crippen MR) is 219 cm³/mol. The monoisotopic (exact) mass is 724 g/mol. The first-order chi connectivity index (χ1) is 24.1. The van der Waals surface area contributed by atoms with Crippen molar-refractivity contribution in [1.82, 2.24) is 4.90 Å². The molecule has 0 aromatic rings. The van der Waals surface area contributed by atoms with Crippen LogP contribution in [0.2, 0.25) is 13.1 Å². The van der Waals surface area contributed by atoms with E-state index in [1.54, 1.807) is 0 Å². The van der Waals surface area contributed by atoms with Gasteiger partial charge < -0.3 is 23.8 Å². The zero-order valence-corrected chi connectivity index (χ0v) is 35.4. The molecule has 0 aromatic carbocycles. The minimum Gasteiger partial charge on any atom is -0.395 e. The first kappa shape index (κ1) is 49.2. The van der Waals surface area contributed by atoms with E-state index < -0.39 is 8.56 Å². The summed E-state index contributed by atoms with van der Waals surface area (Å²) in [4.78, 5) is 2.13. The van der Waals surface area contributed by atoms with E-state index in [9.17, 15) is 10.2 Å². The molecule has 7 heteroatoms. The third-order valence-corrected chi connectivity index (χ3v) is 11.2. The average molecular weight is 724 g/mol. The first-order valence-electron chi connectivity index (χ1n) is 21.0. The molecule has 0 radical (unpaired) electrons. The Hall–Kier alpha value is -0.803. The normalized spacial score (nSPS) is 13.4. The van der Waals surface area contributed by atoms with Gasteiger partial charge in [-0.2, -0.15) is 0 Å². The third-order valence-electron chi connectivity index (χ3n) is 9.45. The fourth-order valence-electron chi connectivity index (χ4n) is 6.22. The molecule has 0 heterocycles. The van der Waals surface area contributed by atoms with Crippen LogP contribution in [0.1, 0.15) is 176 Å². The maximum absolute atomic E-state index is 9.20. The number of hydrogen-bond donors (Lipinski definition) is 2. The lowest BCUT2D eigenvalue weighted by Gasteiger charge is -2.29. The van der Waals surface area contributed by atoms with Gasteiger partial charge in [-0.25, -0.2) is 0 Å². The zero-order chi connectivity index (χ0) is 37.1. The second-order valence-electron chi connectivity index (χ2n) is 15.3. The number of ether oxygens (including phenoxy) is 1. The van der Waals surface area contributed by atoms with Gasteiger partial charge in [-0.15, -0.1) is 0 Å². The smallest absolute Gasteiger partial charge is 0.333 e. The molecule has 0 aliphatic heterocycles. The van der Waals surface area contributed by atoms with E-state index in [1.165, 1.54) is 93.8 Å². The van der Waals surface area contributed by atoms with E-state index in [0.29, 0.717) is 19.7 Å². The highest BCUT2D eigenvalue weighted by molar-refractivity contribution is 6.64. The summed E-state index contributed by atoms with van der Waals surface area (Å²) < 4.78 is 19.3. The summed E-state index contributed by atoms with van der Waals surface area (Å²) in [7, 11) is -2.33. The van der Waals surface area contributed by atoms with Gasteiger partial charge in [0.05, 0.1) is 19.8 Å². The minimum absolute atomic E-state index is 0.141. The van der Waals surface area contributed by atoms with Crippen LogP contribution < -0.4 is 0 Å². The molecule has 1 atom stereocenters. The second kappa shape index (κ2) is 35.2. The number of hydrogen-bond acceptors (Lipinski definition) is 6. The molecular formula is C43H85NO5Si. The summed E-state index contributed by atoms with van der Waals surface area (Å²) in [6.45, 7) is 19.2. The fourth-order valence-corrected chi connectivity index (χ4v) is 7.74. The number of aliphatic hydroxyl groups excluding tert-OH is 2. The van der Waals surface area contributed by atoms with Crippen molar-refractivity contribution in [3.8, 4) is 0 Å². The molecule has 0 spiro atoms. The molecule has 2 N–H and O–H groups in total. The van der Waals surface area contributed by atoms with Crippen LogP contribution >= 0.6 is 0 Å². The van der Waals surface area contributed by atoms with Gasteiger partial charge in [0.1, 0.15) is 6.29 Å². The van der Waals surface area contributed by atoms with Crippen LogP contribution in [-0.2, 0) is 13.6 Å². The van der Waals surface area contributed by atoms with Crippen LogP contribution in [0.3, 0.4) is 0 Å². The molecule has 6 nitrogen and oxygen atoms in total. The second-order valence-corrected chi connectivity index (χ2v) is 18.6. The number of allylic oxidation sites excluding steroid dienone is 5. The van der Waals surface area contributed by atoms with Crippen LogP contribution in [0.25, 0.3) is 0 Å². The maximum Gasteiger partial charge on any atom is 0.333 e. The van der Waals surface area contributed by atoms with E-state index in [0.717, 1.165) is 77.4 Å². The summed E-state index contributed by atoms with van der Waals surface area (Å²) in [6.07, 6.45) is 34.0. The maximum atomic E-state index is 9.20. The Labute approximate surface area is 312 Å². The molecule has 0 aliphatic carbocycles. The predicted octanol–water partition coefficient (Wildman–Crippen LogP) is 11.8. The van der Waals surface area contributed by atoms with Gasteiger partial charge in [0, 0.05) is 19.7 Å². The van der Waals surface area contributed by atoms with Gasteiger partial charge in [-0.05, 0) is 98.7 Å². The lowest BCUT2D eigenvalue weighted by Crippen LogP contribution is -2.40. The molecule has 0 saturated carbocycles. The topological polar surface area (TPSA) is 71.4 Å². The SMILES string of the molecule is CCCCCCCCCCCCCCCC(OC/C=C(\C)CC/C=C(\C)CCC=C(C)C)O[Si](C)(C)OCCCCCCN(CCO)CCO. The summed E-state index contributed by atoms with van der Waals surface area (Å²) in [5.74, 6) is 0. The number of unbranched alkanes of at least 4 members (excludes halogenated alkanes) is 15. The summed E-state index contributed by atoms with van der Waals surface area (Å²) >= 11 is 0. The van der Waals surface area contributed by atoms with Crippen molar-refractivity contribution in [2.45, 2.75) is 195 Å². The van der Waals surface area contributed by atoms with Gasteiger partial charge in [-0.3, -0.25) is 4.90 Å². The number of aliphatic hydroxyl groups is 2. The van der Waals surface area contributed by atoms with Crippen molar-refractivity contribution in [3.05, 3.63) is 34.9 Å². The summed E-state index contributed by atoms with van der Waals surface area (Å²) in [6, 6.07) is 0. The Morgan fingerprint density at radius 2 is 1.12 bits per heavy atom. The first-order valence-corrected chi connectivity index (χ1v) is 23.8. The average Bonchev–Trinajstić information content (AvgIpc) is 3.06. The van der Waals surface area contributed by atoms with E-state index >= 15 is 0 Å². The molecule has 1 unspecified atom stereocenters. The van der Waals surface area contributed by atoms with Crippen LogP contribution in [0.4, 0.5) is 0 Å². The van der Waals surface area contributed by atoms with Crippen LogP contribution in [0.15, 0.2) is 34.9 Å². The summed E-state index contributed by atoms with van der Waals surface area (Å²) in [5.41, 5.74) is 4.25. The van der Waals surface area contributed by atoms with Crippen LogP contribution in [-0.4, -0.2) is 76.0 Å². The van der Waals surface area contributed by atoms with E-state index in [4.69, 9.17) is 13.6 Å². The number of rotatable bonds is 37. The molecular weight excluding hydrogens is 639 g/mol. The van der Waals surface area contributed by atoms with Gasteiger partial charge >= 0.3 is 8.56 Å². The fraction of sp³-hybridized carbons (Fsp3) is 0.860.